The van der Waals surface area contributed by atoms with Gasteiger partial charge >= 0.3 is 0 Å². The Labute approximate surface area is 120 Å². The van der Waals surface area contributed by atoms with E-state index in [-0.39, 0.29) is 17.2 Å². The Morgan fingerprint density at radius 2 is 2.35 bits per heavy atom. The molecule has 8 heteroatoms. The summed E-state index contributed by atoms with van der Waals surface area (Å²) in [6.45, 7) is 0.770. The lowest BCUT2D eigenvalue weighted by molar-refractivity contribution is -0.122. The van der Waals surface area contributed by atoms with Gasteiger partial charge in [-0.15, -0.1) is 0 Å². The number of likely N-dealkylation sites (N-methyl/N-ethyl adjacent to an activating group) is 1. The molecular formula is C12H15ClN6O. The highest BCUT2D eigenvalue weighted by atomic mass is 35.5. The molecule has 1 fully saturated rings. The molecule has 1 aliphatic heterocycles. The SMILES string of the molecule is CNC(=O)C1CCCCN1c1nc(Cl)nc2[nH]ncc12. The molecule has 0 spiro atoms. The summed E-state index contributed by atoms with van der Waals surface area (Å²) in [7, 11) is 1.65. The largest absolute Gasteiger partial charge is 0.357 e. The maximum atomic E-state index is 12.1. The Bertz CT molecular complexity index is 642. The number of hydrogen-bond acceptors (Lipinski definition) is 5. The van der Waals surface area contributed by atoms with Gasteiger partial charge in [-0.25, -0.2) is 0 Å². The molecule has 1 atom stereocenters. The molecule has 3 heterocycles. The first-order valence-corrected chi connectivity index (χ1v) is 6.93. The summed E-state index contributed by atoms with van der Waals surface area (Å²) in [4.78, 5) is 22.4. The number of carbonyl (C=O) groups excluding carboxylic acids is 1. The summed E-state index contributed by atoms with van der Waals surface area (Å²) < 4.78 is 0. The van der Waals surface area contributed by atoms with Gasteiger partial charge in [0.1, 0.15) is 11.9 Å². The fourth-order valence-corrected chi connectivity index (χ4v) is 2.80. The van der Waals surface area contributed by atoms with Crippen LogP contribution in [0, 0.1) is 0 Å². The molecule has 2 aromatic rings. The number of aromatic amines is 1. The van der Waals surface area contributed by atoms with E-state index in [0.29, 0.717) is 11.5 Å². The third-order valence-electron chi connectivity index (χ3n) is 3.59. The van der Waals surface area contributed by atoms with E-state index >= 15 is 0 Å². The maximum absolute atomic E-state index is 12.1. The number of nitrogens with one attached hydrogen (secondary N) is 2. The summed E-state index contributed by atoms with van der Waals surface area (Å²) in [5.41, 5.74) is 0.584. The van der Waals surface area contributed by atoms with Crippen LogP contribution in [0.3, 0.4) is 0 Å². The lowest BCUT2D eigenvalue weighted by Gasteiger charge is -2.35. The monoisotopic (exact) mass is 294 g/mol. The third-order valence-corrected chi connectivity index (χ3v) is 3.76. The van der Waals surface area contributed by atoms with Gasteiger partial charge in [0.25, 0.3) is 0 Å². The van der Waals surface area contributed by atoms with E-state index in [1.165, 1.54) is 0 Å². The van der Waals surface area contributed by atoms with Crippen molar-refractivity contribution >= 4 is 34.4 Å². The van der Waals surface area contributed by atoms with Gasteiger partial charge in [-0.2, -0.15) is 15.1 Å². The Balaban J connectivity index is 2.07. The van der Waals surface area contributed by atoms with Gasteiger partial charge in [0.05, 0.1) is 11.6 Å². The number of hydrogen-bond donors (Lipinski definition) is 2. The maximum Gasteiger partial charge on any atom is 0.242 e. The number of H-pyrrole nitrogens is 1. The molecule has 3 rings (SSSR count). The molecule has 1 aliphatic rings. The second-order valence-corrected chi connectivity index (χ2v) is 5.11. The summed E-state index contributed by atoms with van der Waals surface area (Å²) in [5.74, 6) is 0.665. The molecule has 1 unspecified atom stereocenters. The van der Waals surface area contributed by atoms with Crippen molar-refractivity contribution < 1.29 is 4.79 Å². The zero-order valence-electron chi connectivity index (χ0n) is 11.1. The number of fused-ring (bicyclic) bond motifs is 1. The minimum absolute atomic E-state index is 0.00363. The predicted molar refractivity (Wildman–Crippen MR) is 75.7 cm³/mol. The number of nitrogens with zero attached hydrogens (tertiary/aromatic N) is 4. The second-order valence-electron chi connectivity index (χ2n) is 4.77. The van der Waals surface area contributed by atoms with Crippen LogP contribution in [-0.2, 0) is 4.79 Å². The molecule has 106 valence electrons. The molecule has 0 aliphatic carbocycles. The van der Waals surface area contributed by atoms with Crippen molar-refractivity contribution in [3.63, 3.8) is 0 Å². The Kier molecular flexibility index (Phi) is 3.43. The molecule has 2 aromatic heterocycles. The van der Waals surface area contributed by atoms with Crippen LogP contribution in [0.2, 0.25) is 5.28 Å². The second kappa shape index (κ2) is 5.24. The number of rotatable bonds is 2. The van der Waals surface area contributed by atoms with Gasteiger partial charge in [-0.3, -0.25) is 9.89 Å². The molecule has 0 aromatic carbocycles. The predicted octanol–water partition coefficient (Wildman–Crippen LogP) is 1.11. The van der Waals surface area contributed by atoms with Gasteiger partial charge in [-0.1, -0.05) is 0 Å². The van der Waals surface area contributed by atoms with Crippen LogP contribution < -0.4 is 10.2 Å². The number of halogens is 1. The van der Waals surface area contributed by atoms with Gasteiger partial charge < -0.3 is 10.2 Å². The zero-order chi connectivity index (χ0) is 14.1. The fourth-order valence-electron chi connectivity index (χ4n) is 2.64. The number of carbonyl (C=O) groups is 1. The van der Waals surface area contributed by atoms with E-state index in [1.807, 2.05) is 4.90 Å². The normalized spacial score (nSPS) is 19.3. The number of aromatic nitrogens is 4. The molecule has 1 saturated heterocycles. The van der Waals surface area contributed by atoms with Crippen LogP contribution >= 0.6 is 11.6 Å². The zero-order valence-corrected chi connectivity index (χ0v) is 11.8. The average molecular weight is 295 g/mol. The van der Waals surface area contributed by atoms with Crippen LogP contribution in [0.15, 0.2) is 6.20 Å². The first-order valence-electron chi connectivity index (χ1n) is 6.55. The summed E-state index contributed by atoms with van der Waals surface area (Å²) in [5, 5.41) is 10.4. The highest BCUT2D eigenvalue weighted by molar-refractivity contribution is 6.28. The van der Waals surface area contributed by atoms with Crippen molar-refractivity contribution in [3.8, 4) is 0 Å². The van der Waals surface area contributed by atoms with Crippen LogP contribution in [0.25, 0.3) is 11.0 Å². The molecule has 7 nitrogen and oxygen atoms in total. The lowest BCUT2D eigenvalue weighted by atomic mass is 10.0. The topological polar surface area (TPSA) is 86.8 Å². The number of anilines is 1. The summed E-state index contributed by atoms with van der Waals surface area (Å²) in [6, 6.07) is -0.224. The van der Waals surface area contributed by atoms with Crippen molar-refractivity contribution in [2.45, 2.75) is 25.3 Å². The van der Waals surface area contributed by atoms with Crippen LogP contribution in [0.1, 0.15) is 19.3 Å². The standard InChI is InChI=1S/C12H15ClN6O/c1-14-11(20)8-4-2-3-5-19(8)10-7-6-15-18-9(7)16-12(13)17-10/h6,8H,2-5H2,1H3,(H,14,20)(H,15,16,17,18). The minimum atomic E-state index is -0.224. The van der Waals surface area contributed by atoms with Crippen LogP contribution in [0.4, 0.5) is 5.82 Å². The van der Waals surface area contributed by atoms with Crippen molar-refractivity contribution in [2.24, 2.45) is 0 Å². The van der Waals surface area contributed by atoms with Crippen molar-refractivity contribution in [1.82, 2.24) is 25.5 Å². The smallest absolute Gasteiger partial charge is 0.242 e. The van der Waals surface area contributed by atoms with Gasteiger partial charge in [-0.05, 0) is 30.9 Å². The van der Waals surface area contributed by atoms with Crippen LogP contribution in [-0.4, -0.2) is 45.7 Å². The third kappa shape index (κ3) is 2.18. The molecule has 0 bridgehead atoms. The first-order chi connectivity index (χ1) is 9.70. The van der Waals surface area contributed by atoms with E-state index in [2.05, 4.69) is 25.5 Å². The van der Waals surface area contributed by atoms with Gasteiger partial charge in [0.15, 0.2) is 5.65 Å². The fraction of sp³-hybridized carbons (Fsp3) is 0.500. The van der Waals surface area contributed by atoms with E-state index in [9.17, 15) is 4.79 Å². The Hall–Kier alpha value is -1.89. The highest BCUT2D eigenvalue weighted by Crippen LogP contribution is 2.29. The minimum Gasteiger partial charge on any atom is -0.357 e. The van der Waals surface area contributed by atoms with E-state index in [4.69, 9.17) is 11.6 Å². The summed E-state index contributed by atoms with van der Waals surface area (Å²) >= 11 is 5.96. The average Bonchev–Trinajstić information content (AvgIpc) is 2.93. The first kappa shape index (κ1) is 13.1. The lowest BCUT2D eigenvalue weighted by Crippen LogP contribution is -2.49. The van der Waals surface area contributed by atoms with E-state index in [0.717, 1.165) is 31.2 Å². The molecule has 0 radical (unpaired) electrons. The number of piperidine rings is 1. The molecule has 1 amide bonds. The molecule has 20 heavy (non-hydrogen) atoms. The Morgan fingerprint density at radius 1 is 1.50 bits per heavy atom. The van der Waals surface area contributed by atoms with Gasteiger partial charge in [0, 0.05) is 13.6 Å². The quantitative estimate of drug-likeness (QED) is 0.810. The van der Waals surface area contributed by atoms with Crippen molar-refractivity contribution in [2.75, 3.05) is 18.5 Å². The van der Waals surface area contributed by atoms with E-state index in [1.54, 1.807) is 13.2 Å². The van der Waals surface area contributed by atoms with Crippen molar-refractivity contribution in [3.05, 3.63) is 11.5 Å². The Morgan fingerprint density at radius 3 is 3.15 bits per heavy atom. The van der Waals surface area contributed by atoms with E-state index < -0.39 is 0 Å². The van der Waals surface area contributed by atoms with Crippen LogP contribution in [0.5, 0.6) is 0 Å². The van der Waals surface area contributed by atoms with Crippen molar-refractivity contribution in [1.29, 1.82) is 0 Å². The molecular weight excluding hydrogens is 280 g/mol. The molecule has 2 N–H and O–H groups in total. The highest BCUT2D eigenvalue weighted by Gasteiger charge is 2.30. The summed E-state index contributed by atoms with van der Waals surface area (Å²) in [6.07, 6.45) is 4.52. The van der Waals surface area contributed by atoms with Gasteiger partial charge in [0.2, 0.25) is 11.2 Å². The molecule has 0 saturated carbocycles. The number of amides is 1.